The minimum atomic E-state index is -0.588. The SMILES string of the molecule is CC(C)(C)OC(=O)N1CCC(C(O)c2ccccc2Cl)CC1. The van der Waals surface area contributed by atoms with E-state index in [1.165, 1.54) is 0 Å². The Hall–Kier alpha value is -1.26. The molecule has 0 radical (unpaired) electrons. The molecule has 0 spiro atoms. The summed E-state index contributed by atoms with van der Waals surface area (Å²) in [7, 11) is 0. The lowest BCUT2D eigenvalue weighted by atomic mass is 9.87. The summed E-state index contributed by atoms with van der Waals surface area (Å²) in [6.45, 7) is 6.78. The molecule has 122 valence electrons. The molecular weight excluding hydrogens is 302 g/mol. The summed E-state index contributed by atoms with van der Waals surface area (Å²) in [5.41, 5.74) is 0.283. The second-order valence-corrected chi connectivity index (χ2v) is 7.18. The van der Waals surface area contributed by atoms with Crippen molar-refractivity contribution in [3.05, 3.63) is 34.9 Å². The molecule has 0 aliphatic carbocycles. The van der Waals surface area contributed by atoms with Gasteiger partial charge in [-0.15, -0.1) is 0 Å². The lowest BCUT2D eigenvalue weighted by molar-refractivity contribution is 0.00768. The van der Waals surface area contributed by atoms with Crippen LogP contribution in [0.1, 0.15) is 45.3 Å². The smallest absolute Gasteiger partial charge is 0.410 e. The fourth-order valence-corrected chi connectivity index (χ4v) is 2.94. The number of aliphatic hydroxyl groups is 1. The summed E-state index contributed by atoms with van der Waals surface area (Å²) >= 11 is 6.15. The van der Waals surface area contributed by atoms with Gasteiger partial charge in [0, 0.05) is 18.1 Å². The lowest BCUT2D eigenvalue weighted by Gasteiger charge is -2.35. The Bertz CT molecular complexity index is 519. The van der Waals surface area contributed by atoms with Gasteiger partial charge in [-0.05, 0) is 51.2 Å². The molecule has 0 aromatic heterocycles. The highest BCUT2D eigenvalue weighted by Crippen LogP contribution is 2.34. The first-order chi connectivity index (χ1) is 10.3. The van der Waals surface area contributed by atoms with E-state index in [2.05, 4.69) is 0 Å². The minimum absolute atomic E-state index is 0.110. The number of piperidine rings is 1. The first kappa shape index (κ1) is 17.1. The molecule has 1 aliphatic rings. The number of likely N-dealkylation sites (tertiary alicyclic amines) is 1. The van der Waals surface area contributed by atoms with Crippen molar-refractivity contribution >= 4 is 17.7 Å². The maximum absolute atomic E-state index is 12.0. The van der Waals surface area contributed by atoms with Gasteiger partial charge in [-0.1, -0.05) is 29.8 Å². The van der Waals surface area contributed by atoms with Crippen LogP contribution in [-0.4, -0.2) is 34.8 Å². The number of hydrogen-bond donors (Lipinski definition) is 1. The predicted octanol–water partition coefficient (Wildman–Crippen LogP) is 4.02. The van der Waals surface area contributed by atoms with E-state index in [0.717, 1.165) is 18.4 Å². The molecule has 1 heterocycles. The first-order valence-electron chi connectivity index (χ1n) is 7.68. The van der Waals surface area contributed by atoms with Crippen molar-refractivity contribution < 1.29 is 14.6 Å². The van der Waals surface area contributed by atoms with Crippen LogP contribution in [-0.2, 0) is 4.74 Å². The third-order valence-electron chi connectivity index (χ3n) is 3.86. The zero-order valence-corrected chi connectivity index (χ0v) is 14.1. The van der Waals surface area contributed by atoms with Gasteiger partial charge in [0.2, 0.25) is 0 Å². The van der Waals surface area contributed by atoms with Gasteiger partial charge in [-0.25, -0.2) is 4.79 Å². The van der Waals surface area contributed by atoms with Crippen molar-refractivity contribution in [2.75, 3.05) is 13.1 Å². The average molecular weight is 326 g/mol. The molecule has 2 rings (SSSR count). The summed E-state index contributed by atoms with van der Waals surface area (Å²) < 4.78 is 5.38. The van der Waals surface area contributed by atoms with Crippen molar-refractivity contribution in [2.24, 2.45) is 5.92 Å². The molecule has 1 aliphatic heterocycles. The Kier molecular flexibility index (Phi) is 5.35. The van der Waals surface area contributed by atoms with Crippen LogP contribution >= 0.6 is 11.6 Å². The summed E-state index contributed by atoms with van der Waals surface area (Å²) in [6, 6.07) is 7.37. The fourth-order valence-electron chi connectivity index (χ4n) is 2.69. The predicted molar refractivity (Wildman–Crippen MR) is 86.9 cm³/mol. The highest BCUT2D eigenvalue weighted by molar-refractivity contribution is 6.31. The standard InChI is InChI=1S/C17H24ClNO3/c1-17(2,3)22-16(21)19-10-8-12(9-11-19)15(20)13-6-4-5-7-14(13)18/h4-7,12,15,20H,8-11H2,1-3H3. The van der Waals surface area contributed by atoms with Crippen LogP contribution in [0, 0.1) is 5.92 Å². The molecular formula is C17H24ClNO3. The third kappa shape index (κ3) is 4.37. The van der Waals surface area contributed by atoms with E-state index >= 15 is 0 Å². The van der Waals surface area contributed by atoms with Crippen molar-refractivity contribution in [1.82, 2.24) is 4.90 Å². The second-order valence-electron chi connectivity index (χ2n) is 6.77. The highest BCUT2D eigenvalue weighted by Gasteiger charge is 2.31. The number of carbonyl (C=O) groups is 1. The number of hydrogen-bond acceptors (Lipinski definition) is 3. The van der Waals surface area contributed by atoms with E-state index in [4.69, 9.17) is 16.3 Å². The second kappa shape index (κ2) is 6.88. The minimum Gasteiger partial charge on any atom is -0.444 e. The van der Waals surface area contributed by atoms with Crippen LogP contribution < -0.4 is 0 Å². The Labute approximate surface area is 137 Å². The van der Waals surface area contributed by atoms with Crippen molar-refractivity contribution in [3.63, 3.8) is 0 Å². The molecule has 0 bridgehead atoms. The van der Waals surface area contributed by atoms with E-state index in [-0.39, 0.29) is 12.0 Å². The molecule has 4 nitrogen and oxygen atoms in total. The maximum atomic E-state index is 12.0. The van der Waals surface area contributed by atoms with Gasteiger partial charge in [0.15, 0.2) is 0 Å². The Morgan fingerprint density at radius 3 is 2.45 bits per heavy atom. The van der Waals surface area contributed by atoms with Gasteiger partial charge in [0.1, 0.15) is 5.60 Å². The van der Waals surface area contributed by atoms with Crippen molar-refractivity contribution in [1.29, 1.82) is 0 Å². The van der Waals surface area contributed by atoms with E-state index in [9.17, 15) is 9.90 Å². The molecule has 1 unspecified atom stereocenters. The summed E-state index contributed by atoms with van der Waals surface area (Å²) in [6.07, 6.45) is 0.615. The average Bonchev–Trinajstić information content (AvgIpc) is 2.45. The van der Waals surface area contributed by atoms with Gasteiger partial charge in [0.05, 0.1) is 6.10 Å². The van der Waals surface area contributed by atoms with Gasteiger partial charge < -0.3 is 14.7 Å². The molecule has 1 fully saturated rings. The van der Waals surface area contributed by atoms with Crippen LogP contribution in [0.25, 0.3) is 0 Å². The number of ether oxygens (including phenoxy) is 1. The Morgan fingerprint density at radius 2 is 1.91 bits per heavy atom. The summed E-state index contributed by atoms with van der Waals surface area (Å²) in [5, 5.41) is 11.1. The zero-order valence-electron chi connectivity index (χ0n) is 13.4. The highest BCUT2D eigenvalue weighted by atomic mass is 35.5. The number of rotatable bonds is 2. The first-order valence-corrected chi connectivity index (χ1v) is 8.06. The number of benzene rings is 1. The number of halogens is 1. The van der Waals surface area contributed by atoms with Crippen molar-refractivity contribution in [3.8, 4) is 0 Å². The van der Waals surface area contributed by atoms with Crippen LogP contribution in [0.3, 0.4) is 0 Å². The number of nitrogens with zero attached hydrogens (tertiary/aromatic N) is 1. The summed E-state index contributed by atoms with van der Waals surface area (Å²) in [5.74, 6) is 0.110. The fraction of sp³-hybridized carbons (Fsp3) is 0.588. The van der Waals surface area contributed by atoms with E-state index in [1.54, 1.807) is 11.0 Å². The maximum Gasteiger partial charge on any atom is 0.410 e. The zero-order chi connectivity index (χ0) is 16.3. The van der Waals surface area contributed by atoms with Crippen LogP contribution in [0.5, 0.6) is 0 Å². The van der Waals surface area contributed by atoms with Crippen LogP contribution in [0.4, 0.5) is 4.79 Å². The molecule has 0 saturated carbocycles. The van der Waals surface area contributed by atoms with E-state index in [0.29, 0.717) is 18.1 Å². The van der Waals surface area contributed by atoms with Crippen LogP contribution in [0.15, 0.2) is 24.3 Å². The topological polar surface area (TPSA) is 49.8 Å². The van der Waals surface area contributed by atoms with Gasteiger partial charge in [-0.3, -0.25) is 0 Å². The van der Waals surface area contributed by atoms with Crippen LogP contribution in [0.2, 0.25) is 5.02 Å². The lowest BCUT2D eigenvalue weighted by Crippen LogP contribution is -2.42. The monoisotopic (exact) mass is 325 g/mol. The largest absolute Gasteiger partial charge is 0.444 e. The van der Waals surface area contributed by atoms with Gasteiger partial charge in [0.25, 0.3) is 0 Å². The number of aliphatic hydroxyl groups excluding tert-OH is 1. The normalized spacial score (nSPS) is 18.1. The molecule has 1 saturated heterocycles. The molecule has 5 heteroatoms. The molecule has 1 atom stereocenters. The molecule has 1 N–H and O–H groups in total. The Balaban J connectivity index is 1.92. The van der Waals surface area contributed by atoms with Gasteiger partial charge in [-0.2, -0.15) is 0 Å². The Morgan fingerprint density at radius 1 is 1.32 bits per heavy atom. The van der Waals surface area contributed by atoms with Gasteiger partial charge >= 0.3 is 6.09 Å². The molecule has 22 heavy (non-hydrogen) atoms. The number of carbonyl (C=O) groups excluding carboxylic acids is 1. The van der Waals surface area contributed by atoms with E-state index < -0.39 is 11.7 Å². The van der Waals surface area contributed by atoms with E-state index in [1.807, 2.05) is 39.0 Å². The summed E-state index contributed by atoms with van der Waals surface area (Å²) in [4.78, 5) is 13.7. The molecule has 1 aromatic carbocycles. The third-order valence-corrected chi connectivity index (χ3v) is 4.21. The van der Waals surface area contributed by atoms with Crippen molar-refractivity contribution in [2.45, 2.75) is 45.3 Å². The number of amides is 1. The molecule has 1 amide bonds. The quantitative estimate of drug-likeness (QED) is 0.893. The molecule has 1 aromatic rings.